The maximum Gasteiger partial charge on any atom is 0.261 e. The minimum absolute atomic E-state index is 0.114. The number of nitrogens with one attached hydrogen (secondary N) is 1. The molecule has 196 valence electrons. The lowest BCUT2D eigenvalue weighted by Gasteiger charge is -2.14. The van der Waals surface area contributed by atoms with Gasteiger partial charge < -0.3 is 14.6 Å². The second-order valence-corrected chi connectivity index (χ2v) is 9.64. The summed E-state index contributed by atoms with van der Waals surface area (Å²) in [6, 6.07) is 19.4. The number of aryl methyl sites for hydroxylation is 1. The first-order valence-corrected chi connectivity index (χ1v) is 12.9. The van der Waals surface area contributed by atoms with E-state index in [-0.39, 0.29) is 12.2 Å². The number of rotatable bonds is 9. The lowest BCUT2D eigenvalue weighted by Crippen LogP contribution is -2.24. The van der Waals surface area contributed by atoms with Crippen LogP contribution in [0.2, 0.25) is 0 Å². The van der Waals surface area contributed by atoms with E-state index in [0.717, 1.165) is 40.5 Å². The number of aliphatic hydroxyl groups is 1. The van der Waals surface area contributed by atoms with E-state index in [1.165, 1.54) is 0 Å². The Bertz CT molecular complexity index is 1730. The van der Waals surface area contributed by atoms with Crippen LogP contribution in [0.4, 0.5) is 0 Å². The number of hydrogen-bond acceptors (Lipinski definition) is 6. The van der Waals surface area contributed by atoms with Gasteiger partial charge in [-0.05, 0) is 44.3 Å². The Morgan fingerprint density at radius 1 is 0.897 bits per heavy atom. The number of benzene rings is 2. The maximum atomic E-state index is 13.3. The number of imide groups is 1. The molecule has 6 rings (SSSR count). The molecule has 0 saturated carbocycles. The van der Waals surface area contributed by atoms with E-state index in [9.17, 15) is 14.7 Å². The van der Waals surface area contributed by atoms with Gasteiger partial charge in [-0.25, -0.2) is 0 Å². The van der Waals surface area contributed by atoms with E-state index in [2.05, 4.69) is 15.2 Å². The van der Waals surface area contributed by atoms with Gasteiger partial charge in [-0.15, -0.1) is 0 Å². The molecular formula is C30H28N6O3. The molecule has 0 spiro atoms. The van der Waals surface area contributed by atoms with Crippen LogP contribution < -0.4 is 5.32 Å². The van der Waals surface area contributed by atoms with Crippen LogP contribution in [0, 0.1) is 0 Å². The lowest BCUT2D eigenvalue weighted by molar-refractivity contribution is -0.122. The Labute approximate surface area is 225 Å². The zero-order chi connectivity index (χ0) is 26.9. The predicted octanol–water partition coefficient (Wildman–Crippen LogP) is 3.26. The van der Waals surface area contributed by atoms with Gasteiger partial charge in [0.2, 0.25) is 0 Å². The first-order chi connectivity index (χ1) is 19.1. The van der Waals surface area contributed by atoms with Gasteiger partial charge >= 0.3 is 0 Å². The fraction of sp³-hybridized carbons (Fsp3) is 0.200. The highest BCUT2D eigenvalue weighted by Gasteiger charge is 2.36. The van der Waals surface area contributed by atoms with E-state index in [1.54, 1.807) is 12.4 Å². The average Bonchev–Trinajstić information content (AvgIpc) is 3.60. The van der Waals surface area contributed by atoms with E-state index in [4.69, 9.17) is 5.10 Å². The molecule has 3 aromatic heterocycles. The number of fused-ring (bicyclic) bond motifs is 2. The van der Waals surface area contributed by atoms with Gasteiger partial charge in [-0.2, -0.15) is 5.10 Å². The molecule has 0 radical (unpaired) electrons. The number of aromatic nitrogens is 4. The van der Waals surface area contributed by atoms with Crippen molar-refractivity contribution in [3.8, 4) is 5.69 Å². The van der Waals surface area contributed by atoms with Crippen molar-refractivity contribution in [3.05, 3.63) is 90.5 Å². The number of carbonyl (C=O) groups is 2. The molecule has 0 saturated heterocycles. The second-order valence-electron chi connectivity index (χ2n) is 9.64. The SMILES string of the molecule is CN(CCO)CCCn1nc(C2=C(c3cn(-c4cccnc4)c4ccccc34)C(=O)NC2=O)c2ccccc21. The fourth-order valence-corrected chi connectivity index (χ4v) is 5.28. The summed E-state index contributed by atoms with van der Waals surface area (Å²) in [5.41, 5.74) is 4.41. The summed E-state index contributed by atoms with van der Waals surface area (Å²) >= 11 is 0. The van der Waals surface area contributed by atoms with Crippen molar-refractivity contribution in [1.29, 1.82) is 0 Å². The largest absolute Gasteiger partial charge is 0.395 e. The molecule has 0 aliphatic carbocycles. The summed E-state index contributed by atoms with van der Waals surface area (Å²) in [4.78, 5) is 33.0. The third kappa shape index (κ3) is 4.41. The number of carbonyl (C=O) groups excluding carboxylic acids is 2. The van der Waals surface area contributed by atoms with Crippen LogP contribution in [0.1, 0.15) is 17.7 Å². The fourth-order valence-electron chi connectivity index (χ4n) is 5.28. The highest BCUT2D eigenvalue weighted by Crippen LogP contribution is 2.38. The summed E-state index contributed by atoms with van der Waals surface area (Å²) < 4.78 is 3.88. The van der Waals surface area contributed by atoms with E-state index in [1.807, 2.05) is 83.2 Å². The standard InChI is InChI=1S/C30H28N6O3/c1-34(16-17-37)14-7-15-36-25-12-5-3-10-22(25)28(33-36)27-26(29(38)32-30(27)39)23-19-35(20-8-6-13-31-18-20)24-11-4-2-9-21(23)24/h2-6,8-13,18-19,37H,7,14-17H2,1H3,(H,32,38,39). The van der Waals surface area contributed by atoms with Gasteiger partial charge in [-0.1, -0.05) is 36.4 Å². The lowest BCUT2D eigenvalue weighted by atomic mass is 9.97. The van der Waals surface area contributed by atoms with E-state index >= 15 is 0 Å². The number of aliphatic hydroxyl groups excluding tert-OH is 1. The van der Waals surface area contributed by atoms with Gasteiger partial charge in [0.15, 0.2) is 0 Å². The topological polar surface area (TPSA) is 105 Å². The number of nitrogens with zero attached hydrogens (tertiary/aromatic N) is 5. The molecule has 39 heavy (non-hydrogen) atoms. The summed E-state index contributed by atoms with van der Waals surface area (Å²) in [6.07, 6.45) is 6.19. The second kappa shape index (κ2) is 10.3. The Morgan fingerprint density at radius 3 is 2.41 bits per heavy atom. The predicted molar refractivity (Wildman–Crippen MR) is 150 cm³/mol. The zero-order valence-corrected chi connectivity index (χ0v) is 21.5. The smallest absolute Gasteiger partial charge is 0.261 e. The molecule has 9 heteroatoms. The molecule has 0 fully saturated rings. The Morgan fingerprint density at radius 2 is 1.64 bits per heavy atom. The normalized spacial score (nSPS) is 13.8. The van der Waals surface area contributed by atoms with Crippen molar-refractivity contribution >= 4 is 44.8 Å². The number of likely N-dealkylation sites (N-methyl/N-ethyl adjacent to an activating group) is 1. The first-order valence-electron chi connectivity index (χ1n) is 12.9. The van der Waals surface area contributed by atoms with Crippen LogP contribution in [0.25, 0.3) is 38.6 Å². The molecule has 4 heterocycles. The van der Waals surface area contributed by atoms with Crippen LogP contribution in [0.3, 0.4) is 0 Å². The van der Waals surface area contributed by atoms with E-state index in [0.29, 0.717) is 29.9 Å². The molecule has 0 unspecified atom stereocenters. The van der Waals surface area contributed by atoms with Gasteiger partial charge in [-0.3, -0.25) is 24.6 Å². The maximum absolute atomic E-state index is 13.3. The molecule has 2 amide bonds. The molecule has 5 aromatic rings. The highest BCUT2D eigenvalue weighted by atomic mass is 16.3. The van der Waals surface area contributed by atoms with Crippen molar-refractivity contribution in [3.63, 3.8) is 0 Å². The van der Waals surface area contributed by atoms with Gasteiger partial charge in [0.1, 0.15) is 5.69 Å². The van der Waals surface area contributed by atoms with Crippen molar-refractivity contribution in [2.24, 2.45) is 0 Å². The third-order valence-electron chi connectivity index (χ3n) is 7.12. The quantitative estimate of drug-likeness (QED) is 0.289. The first kappa shape index (κ1) is 24.7. The van der Waals surface area contributed by atoms with Crippen molar-refractivity contribution in [2.45, 2.75) is 13.0 Å². The molecule has 9 nitrogen and oxygen atoms in total. The van der Waals surface area contributed by atoms with Crippen molar-refractivity contribution in [1.82, 2.24) is 29.5 Å². The molecule has 0 atom stereocenters. The minimum atomic E-state index is -0.453. The number of hydrogen-bond donors (Lipinski definition) is 2. The molecule has 2 aromatic carbocycles. The van der Waals surface area contributed by atoms with Crippen molar-refractivity contribution in [2.75, 3.05) is 26.7 Å². The molecule has 0 bridgehead atoms. The monoisotopic (exact) mass is 520 g/mol. The van der Waals surface area contributed by atoms with Crippen LogP contribution in [0.15, 0.2) is 79.3 Å². The highest BCUT2D eigenvalue weighted by molar-refractivity contribution is 6.50. The van der Waals surface area contributed by atoms with Crippen LogP contribution >= 0.6 is 0 Å². The van der Waals surface area contributed by atoms with Crippen LogP contribution in [0.5, 0.6) is 0 Å². The number of pyridine rings is 1. The summed E-state index contributed by atoms with van der Waals surface area (Å²) in [7, 11) is 1.97. The molecule has 1 aliphatic rings. The van der Waals surface area contributed by atoms with Crippen molar-refractivity contribution < 1.29 is 14.7 Å². The minimum Gasteiger partial charge on any atom is -0.395 e. The number of amides is 2. The Hall–Kier alpha value is -4.60. The van der Waals surface area contributed by atoms with Gasteiger partial charge in [0.05, 0.1) is 40.7 Å². The average molecular weight is 521 g/mol. The summed E-state index contributed by atoms with van der Waals surface area (Å²) in [6.45, 7) is 2.15. The molecule has 2 N–H and O–H groups in total. The van der Waals surface area contributed by atoms with E-state index < -0.39 is 11.8 Å². The molecule has 1 aliphatic heterocycles. The summed E-state index contributed by atoms with van der Waals surface area (Å²) in [5.74, 6) is -0.889. The summed E-state index contributed by atoms with van der Waals surface area (Å²) in [5, 5.41) is 18.3. The van der Waals surface area contributed by atoms with Gasteiger partial charge in [0, 0.05) is 41.8 Å². The Kier molecular flexibility index (Phi) is 6.52. The Balaban J connectivity index is 1.51. The number of para-hydroxylation sites is 2. The zero-order valence-electron chi connectivity index (χ0n) is 21.5. The van der Waals surface area contributed by atoms with Gasteiger partial charge in [0.25, 0.3) is 11.8 Å². The third-order valence-corrected chi connectivity index (χ3v) is 7.12. The molecular weight excluding hydrogens is 492 g/mol. The van der Waals surface area contributed by atoms with Crippen LogP contribution in [-0.2, 0) is 16.1 Å². The van der Waals surface area contributed by atoms with Crippen LogP contribution in [-0.4, -0.2) is 67.9 Å².